The molecule has 0 aliphatic carbocycles. The Labute approximate surface area is 153 Å². The average molecular weight is 357 g/mol. The van der Waals surface area contributed by atoms with Crippen LogP contribution < -0.4 is 10.6 Å². The van der Waals surface area contributed by atoms with E-state index < -0.39 is 0 Å². The Balaban J connectivity index is 1.37. The molecule has 0 saturated carbocycles. The third kappa shape index (κ3) is 4.40. The van der Waals surface area contributed by atoms with E-state index in [1.54, 1.807) is 0 Å². The minimum atomic E-state index is -0.0990. The maximum atomic E-state index is 12.4. The van der Waals surface area contributed by atoms with Crippen LogP contribution in [-0.4, -0.2) is 58.8 Å². The van der Waals surface area contributed by atoms with Gasteiger partial charge >= 0.3 is 0 Å². The molecule has 1 fully saturated rings. The lowest BCUT2D eigenvalue weighted by Crippen LogP contribution is -2.46. The van der Waals surface area contributed by atoms with Crippen molar-refractivity contribution in [3.63, 3.8) is 0 Å². The van der Waals surface area contributed by atoms with E-state index in [2.05, 4.69) is 15.6 Å². The molecule has 0 bridgehead atoms. The van der Waals surface area contributed by atoms with Gasteiger partial charge in [0, 0.05) is 45.3 Å². The van der Waals surface area contributed by atoms with Crippen LogP contribution in [0.3, 0.4) is 0 Å². The third-order valence-electron chi connectivity index (χ3n) is 4.74. The number of imidazole rings is 1. The second-order valence-corrected chi connectivity index (χ2v) is 6.67. The van der Waals surface area contributed by atoms with E-state index in [0.29, 0.717) is 18.7 Å². The summed E-state index contributed by atoms with van der Waals surface area (Å²) in [5.41, 5.74) is 2.10. The zero-order valence-electron chi connectivity index (χ0n) is 15.3. The predicted octanol–water partition coefficient (Wildman–Crippen LogP) is 1.36. The first-order chi connectivity index (χ1) is 12.7. The Hall–Kier alpha value is -2.41. The van der Waals surface area contributed by atoms with E-state index >= 15 is 0 Å². The van der Waals surface area contributed by atoms with Crippen molar-refractivity contribution in [2.45, 2.75) is 32.6 Å². The number of carbonyl (C=O) groups excluding carboxylic acids is 2. The highest BCUT2D eigenvalue weighted by Crippen LogP contribution is 2.11. The lowest BCUT2D eigenvalue weighted by atomic mass is 10.1. The second kappa shape index (κ2) is 8.80. The van der Waals surface area contributed by atoms with Gasteiger partial charge in [-0.2, -0.15) is 0 Å². The highest BCUT2D eigenvalue weighted by atomic mass is 16.2. The summed E-state index contributed by atoms with van der Waals surface area (Å²) in [5.74, 6) is 0.148. The summed E-state index contributed by atoms with van der Waals surface area (Å²) in [5, 5.41) is 6.22. The molecule has 0 radical (unpaired) electrons. The molecule has 140 valence electrons. The van der Waals surface area contributed by atoms with Crippen LogP contribution in [0.2, 0.25) is 0 Å². The number of unbranched alkanes of at least 4 members (excludes halogenated alkanes) is 2. The molecule has 3 rings (SSSR count). The van der Waals surface area contributed by atoms with Crippen molar-refractivity contribution in [2.75, 3.05) is 32.7 Å². The Morgan fingerprint density at radius 2 is 2.00 bits per heavy atom. The average Bonchev–Trinajstić information content (AvgIpc) is 3.00. The van der Waals surface area contributed by atoms with Crippen molar-refractivity contribution >= 4 is 17.5 Å². The van der Waals surface area contributed by atoms with Crippen LogP contribution in [0.1, 0.15) is 41.9 Å². The molecule has 2 aromatic heterocycles. The number of hydrogen-bond acceptors (Lipinski definition) is 4. The lowest BCUT2D eigenvalue weighted by molar-refractivity contribution is -0.131. The molecule has 2 aromatic rings. The zero-order chi connectivity index (χ0) is 18.4. The number of rotatable bonds is 7. The highest BCUT2D eigenvalue weighted by molar-refractivity contribution is 5.94. The lowest BCUT2D eigenvalue weighted by Gasteiger charge is -2.27. The van der Waals surface area contributed by atoms with Crippen LogP contribution in [0.15, 0.2) is 24.4 Å². The van der Waals surface area contributed by atoms with Crippen LogP contribution in [0.25, 0.3) is 5.65 Å². The molecule has 0 atom stereocenters. The van der Waals surface area contributed by atoms with Gasteiger partial charge in [0.05, 0.1) is 5.69 Å². The fourth-order valence-corrected chi connectivity index (χ4v) is 3.32. The number of fused-ring (bicyclic) bond motifs is 1. The quantitative estimate of drug-likeness (QED) is 0.734. The number of aryl methyl sites for hydroxylation is 1. The van der Waals surface area contributed by atoms with Crippen LogP contribution in [0, 0.1) is 6.92 Å². The van der Waals surface area contributed by atoms with E-state index in [0.717, 1.165) is 56.8 Å². The molecule has 1 saturated heterocycles. The molecule has 26 heavy (non-hydrogen) atoms. The van der Waals surface area contributed by atoms with Crippen molar-refractivity contribution in [3.05, 3.63) is 35.8 Å². The van der Waals surface area contributed by atoms with Gasteiger partial charge in [0.25, 0.3) is 5.91 Å². The van der Waals surface area contributed by atoms with E-state index in [9.17, 15) is 9.59 Å². The van der Waals surface area contributed by atoms with E-state index in [1.807, 2.05) is 40.6 Å². The molecule has 7 nitrogen and oxygen atoms in total. The molecule has 1 aliphatic rings. The van der Waals surface area contributed by atoms with Gasteiger partial charge in [-0.1, -0.05) is 12.5 Å². The maximum absolute atomic E-state index is 12.4. The molecule has 1 aliphatic heterocycles. The van der Waals surface area contributed by atoms with Crippen LogP contribution in [-0.2, 0) is 4.79 Å². The number of pyridine rings is 1. The summed E-state index contributed by atoms with van der Waals surface area (Å²) in [6.07, 6.45) is 5.13. The molecule has 2 N–H and O–H groups in total. The van der Waals surface area contributed by atoms with Gasteiger partial charge < -0.3 is 15.5 Å². The molecule has 7 heteroatoms. The monoisotopic (exact) mass is 357 g/mol. The van der Waals surface area contributed by atoms with Crippen LogP contribution in [0.4, 0.5) is 0 Å². The number of hydrogen-bond donors (Lipinski definition) is 2. The molecular weight excluding hydrogens is 330 g/mol. The largest absolute Gasteiger partial charge is 0.351 e. The fraction of sp³-hybridized carbons (Fsp3) is 0.526. The minimum absolute atomic E-state index is 0.0990. The van der Waals surface area contributed by atoms with Crippen molar-refractivity contribution in [1.82, 2.24) is 24.9 Å². The summed E-state index contributed by atoms with van der Waals surface area (Å²) in [6, 6.07) is 5.69. The molecule has 0 unspecified atom stereocenters. The summed E-state index contributed by atoms with van der Waals surface area (Å²) in [7, 11) is 0. The summed E-state index contributed by atoms with van der Waals surface area (Å²) >= 11 is 0. The Morgan fingerprint density at radius 3 is 2.81 bits per heavy atom. The second-order valence-electron chi connectivity index (χ2n) is 6.67. The number of piperazine rings is 1. The van der Waals surface area contributed by atoms with Gasteiger partial charge in [0.2, 0.25) is 5.91 Å². The first-order valence-electron chi connectivity index (χ1n) is 9.37. The van der Waals surface area contributed by atoms with Gasteiger partial charge in [-0.25, -0.2) is 4.98 Å². The normalized spacial score (nSPS) is 14.6. The third-order valence-corrected chi connectivity index (χ3v) is 4.74. The Morgan fingerprint density at radius 1 is 1.19 bits per heavy atom. The molecule has 0 aromatic carbocycles. The number of nitrogens with zero attached hydrogens (tertiary/aromatic N) is 3. The first kappa shape index (κ1) is 18.4. The predicted molar refractivity (Wildman–Crippen MR) is 100 cm³/mol. The van der Waals surface area contributed by atoms with E-state index in [1.165, 1.54) is 0 Å². The van der Waals surface area contributed by atoms with Crippen LogP contribution in [0.5, 0.6) is 0 Å². The number of nitrogens with one attached hydrogen (secondary N) is 2. The number of carbonyl (C=O) groups is 2. The van der Waals surface area contributed by atoms with Gasteiger partial charge in [-0.05, 0) is 31.9 Å². The fourth-order valence-electron chi connectivity index (χ4n) is 3.32. The first-order valence-corrected chi connectivity index (χ1v) is 9.37. The maximum Gasteiger partial charge on any atom is 0.270 e. The van der Waals surface area contributed by atoms with Crippen molar-refractivity contribution in [2.24, 2.45) is 0 Å². The molecule has 0 spiro atoms. The van der Waals surface area contributed by atoms with Gasteiger partial charge in [-0.3, -0.25) is 14.0 Å². The number of aromatic nitrogens is 2. The number of amides is 2. The minimum Gasteiger partial charge on any atom is -0.351 e. The van der Waals surface area contributed by atoms with Crippen LogP contribution >= 0.6 is 0 Å². The van der Waals surface area contributed by atoms with Gasteiger partial charge in [0.1, 0.15) is 11.3 Å². The topological polar surface area (TPSA) is 78.7 Å². The van der Waals surface area contributed by atoms with E-state index in [4.69, 9.17) is 0 Å². The molecule has 2 amide bonds. The smallest absolute Gasteiger partial charge is 0.270 e. The van der Waals surface area contributed by atoms with E-state index in [-0.39, 0.29) is 11.8 Å². The Bertz CT molecular complexity index is 764. The van der Waals surface area contributed by atoms with Crippen molar-refractivity contribution in [3.8, 4) is 0 Å². The summed E-state index contributed by atoms with van der Waals surface area (Å²) in [6.45, 7) is 5.87. The standard InChI is InChI=1S/C19H27N5O2/c1-15-18(24-12-6-4-7-16(24)22-15)19(26)21-9-5-2-3-8-17(25)23-13-10-20-11-14-23/h4,6-7,12,20H,2-3,5,8-11,13-14H2,1H3,(H,21,26). The van der Waals surface area contributed by atoms with Crippen molar-refractivity contribution < 1.29 is 9.59 Å². The SMILES string of the molecule is Cc1nc2ccccn2c1C(=O)NCCCCCC(=O)N1CCNCC1. The van der Waals surface area contributed by atoms with Gasteiger partial charge in [-0.15, -0.1) is 0 Å². The van der Waals surface area contributed by atoms with Crippen molar-refractivity contribution in [1.29, 1.82) is 0 Å². The molecule has 3 heterocycles. The highest BCUT2D eigenvalue weighted by Gasteiger charge is 2.16. The molecular formula is C19H27N5O2. The van der Waals surface area contributed by atoms with Gasteiger partial charge in [0.15, 0.2) is 0 Å². The zero-order valence-corrected chi connectivity index (χ0v) is 15.3. The summed E-state index contributed by atoms with van der Waals surface area (Å²) < 4.78 is 1.82. The Kier molecular flexibility index (Phi) is 6.22. The summed E-state index contributed by atoms with van der Waals surface area (Å²) in [4.78, 5) is 30.9.